The number of rotatable bonds is 10. The maximum Gasteiger partial charge on any atom is 0.261 e. The molecule has 0 saturated heterocycles. The summed E-state index contributed by atoms with van der Waals surface area (Å²) in [6.45, 7) is 7.92. The first-order valence-corrected chi connectivity index (χ1v) is 12.1. The normalized spacial score (nSPS) is 11.9. The molecular weight excluding hydrogens is 452 g/mol. The Balaban J connectivity index is 1.91. The molecule has 2 amide bonds. The lowest BCUT2D eigenvalue weighted by molar-refractivity contribution is -0.143. The number of nitrogens with one attached hydrogen (secondary N) is 1. The van der Waals surface area contributed by atoms with Gasteiger partial charge in [-0.25, -0.2) is 0 Å². The maximum atomic E-state index is 13.6. The quantitative estimate of drug-likeness (QED) is 0.439. The van der Waals surface area contributed by atoms with Gasteiger partial charge in [-0.3, -0.25) is 9.59 Å². The molecule has 1 N–H and O–H groups in total. The minimum absolute atomic E-state index is 0.188. The first-order chi connectivity index (χ1) is 17.1. The number of benzene rings is 3. The Morgan fingerprint density at radius 2 is 1.53 bits per heavy atom. The number of aryl methyl sites for hydroxylation is 1. The third kappa shape index (κ3) is 8.15. The molecule has 0 saturated carbocycles. The fraction of sp³-hybridized carbons (Fsp3) is 0.333. The number of hydrogen-bond donors (Lipinski definition) is 1. The van der Waals surface area contributed by atoms with Crippen LogP contribution in [0.1, 0.15) is 37.5 Å². The minimum atomic E-state index is -0.709. The molecule has 1 atom stereocenters. The molecule has 0 spiro atoms. The number of nitrogens with zero attached hydrogens (tertiary/aromatic N) is 1. The summed E-state index contributed by atoms with van der Waals surface area (Å²) in [5, 5.41) is 3.07. The number of carbonyl (C=O) groups is 2. The lowest BCUT2D eigenvalue weighted by Gasteiger charge is -2.33. The van der Waals surface area contributed by atoms with Crippen LogP contribution in [0.25, 0.3) is 0 Å². The molecule has 0 unspecified atom stereocenters. The summed E-state index contributed by atoms with van der Waals surface area (Å²) in [6, 6.07) is 24.1. The highest BCUT2D eigenvalue weighted by Gasteiger charge is 2.32. The zero-order chi connectivity index (χ0) is 26.1. The van der Waals surface area contributed by atoms with Gasteiger partial charge in [0.25, 0.3) is 5.91 Å². The van der Waals surface area contributed by atoms with Crippen LogP contribution in [0.4, 0.5) is 0 Å². The summed E-state index contributed by atoms with van der Waals surface area (Å²) in [6.07, 6.45) is 0.392. The molecular formula is C30H36N2O4. The average Bonchev–Trinajstić information content (AvgIpc) is 2.84. The lowest BCUT2D eigenvalue weighted by Crippen LogP contribution is -2.55. The molecule has 6 nitrogen and oxygen atoms in total. The standard InChI is InChI=1S/C30H36N2O4/c1-22-10-9-13-24(18-22)20-32(28(33)21-36-26-16-14-25(35-5)15-17-26)27(29(34)31-30(2,3)4)19-23-11-7-6-8-12-23/h6-18,27H,19-21H2,1-5H3,(H,31,34)/t27-/m0/s1. The Labute approximate surface area is 214 Å². The van der Waals surface area contributed by atoms with Gasteiger partial charge < -0.3 is 19.7 Å². The first-order valence-electron chi connectivity index (χ1n) is 12.1. The van der Waals surface area contributed by atoms with E-state index in [9.17, 15) is 9.59 Å². The van der Waals surface area contributed by atoms with E-state index in [0.717, 1.165) is 16.7 Å². The molecule has 0 aromatic heterocycles. The second kappa shape index (κ2) is 12.2. The van der Waals surface area contributed by atoms with Gasteiger partial charge in [-0.15, -0.1) is 0 Å². The molecule has 0 aliphatic carbocycles. The number of carbonyl (C=O) groups excluding carboxylic acids is 2. The van der Waals surface area contributed by atoms with E-state index in [1.807, 2.05) is 82.3 Å². The van der Waals surface area contributed by atoms with Crippen LogP contribution in [0.2, 0.25) is 0 Å². The van der Waals surface area contributed by atoms with Crippen molar-refractivity contribution in [3.8, 4) is 11.5 Å². The Hall–Kier alpha value is -3.80. The predicted octanol–water partition coefficient (Wildman–Crippen LogP) is 4.94. The number of hydrogen-bond acceptors (Lipinski definition) is 4. The zero-order valence-electron chi connectivity index (χ0n) is 21.8. The van der Waals surface area contributed by atoms with E-state index in [1.54, 1.807) is 36.3 Å². The molecule has 36 heavy (non-hydrogen) atoms. The van der Waals surface area contributed by atoms with E-state index < -0.39 is 11.6 Å². The molecule has 3 rings (SSSR count). The SMILES string of the molecule is COc1ccc(OCC(=O)N(Cc2cccc(C)c2)[C@@H](Cc2ccccc2)C(=O)NC(C)(C)C)cc1. The van der Waals surface area contributed by atoms with Gasteiger partial charge in [0.15, 0.2) is 6.61 Å². The largest absolute Gasteiger partial charge is 0.497 e. The second-order valence-corrected chi connectivity index (χ2v) is 9.92. The molecule has 3 aromatic carbocycles. The molecule has 0 fully saturated rings. The summed E-state index contributed by atoms with van der Waals surface area (Å²) in [5.74, 6) is 0.795. The van der Waals surface area contributed by atoms with Crippen LogP contribution in [0, 0.1) is 6.92 Å². The number of methoxy groups -OCH3 is 1. The molecule has 0 heterocycles. The van der Waals surface area contributed by atoms with Crippen molar-refractivity contribution in [2.75, 3.05) is 13.7 Å². The van der Waals surface area contributed by atoms with Gasteiger partial charge in [0.1, 0.15) is 17.5 Å². The fourth-order valence-electron chi connectivity index (χ4n) is 3.91. The van der Waals surface area contributed by atoms with Gasteiger partial charge in [-0.2, -0.15) is 0 Å². The van der Waals surface area contributed by atoms with Crippen molar-refractivity contribution in [3.63, 3.8) is 0 Å². The van der Waals surface area contributed by atoms with Crippen LogP contribution in [-0.2, 0) is 22.6 Å². The van der Waals surface area contributed by atoms with Crippen molar-refractivity contribution in [2.24, 2.45) is 0 Å². The summed E-state index contributed by atoms with van der Waals surface area (Å²) in [4.78, 5) is 28.8. The summed E-state index contributed by atoms with van der Waals surface area (Å²) in [5.41, 5.74) is 2.58. The van der Waals surface area contributed by atoms with Crippen LogP contribution >= 0.6 is 0 Å². The lowest BCUT2D eigenvalue weighted by atomic mass is 10.0. The van der Waals surface area contributed by atoms with Gasteiger partial charge in [0.05, 0.1) is 7.11 Å². The maximum absolute atomic E-state index is 13.6. The van der Waals surface area contributed by atoms with Crippen molar-refractivity contribution in [2.45, 2.75) is 52.2 Å². The molecule has 6 heteroatoms. The van der Waals surface area contributed by atoms with E-state index in [4.69, 9.17) is 9.47 Å². The van der Waals surface area contributed by atoms with E-state index in [0.29, 0.717) is 24.5 Å². The zero-order valence-corrected chi connectivity index (χ0v) is 21.8. The molecule has 0 aliphatic heterocycles. The van der Waals surface area contributed by atoms with Crippen molar-refractivity contribution in [1.82, 2.24) is 10.2 Å². The number of ether oxygens (including phenoxy) is 2. The highest BCUT2D eigenvalue weighted by molar-refractivity contribution is 5.89. The van der Waals surface area contributed by atoms with Crippen molar-refractivity contribution in [3.05, 3.63) is 95.6 Å². The fourth-order valence-corrected chi connectivity index (χ4v) is 3.91. The first kappa shape index (κ1) is 26.8. The van der Waals surface area contributed by atoms with Crippen molar-refractivity contribution in [1.29, 1.82) is 0 Å². The summed E-state index contributed by atoms with van der Waals surface area (Å²) < 4.78 is 11.0. The topological polar surface area (TPSA) is 67.9 Å². The third-order valence-corrected chi connectivity index (χ3v) is 5.63. The van der Waals surface area contributed by atoms with Crippen LogP contribution < -0.4 is 14.8 Å². The van der Waals surface area contributed by atoms with Gasteiger partial charge >= 0.3 is 0 Å². The molecule has 0 radical (unpaired) electrons. The van der Waals surface area contributed by atoms with E-state index >= 15 is 0 Å². The Kier molecular flexibility index (Phi) is 9.12. The Bertz CT molecular complexity index is 1140. The van der Waals surface area contributed by atoms with Crippen LogP contribution in [0.5, 0.6) is 11.5 Å². The Morgan fingerprint density at radius 1 is 0.889 bits per heavy atom. The smallest absolute Gasteiger partial charge is 0.261 e. The van der Waals surface area contributed by atoms with Gasteiger partial charge in [0.2, 0.25) is 5.91 Å². The monoisotopic (exact) mass is 488 g/mol. The Morgan fingerprint density at radius 3 is 2.14 bits per heavy atom. The van der Waals surface area contributed by atoms with Crippen molar-refractivity contribution >= 4 is 11.8 Å². The molecule has 190 valence electrons. The summed E-state index contributed by atoms with van der Waals surface area (Å²) >= 11 is 0. The highest BCUT2D eigenvalue weighted by atomic mass is 16.5. The summed E-state index contributed by atoms with van der Waals surface area (Å²) in [7, 11) is 1.60. The van der Waals surface area contributed by atoms with Crippen molar-refractivity contribution < 1.29 is 19.1 Å². The second-order valence-electron chi connectivity index (χ2n) is 9.92. The van der Waals surface area contributed by atoms with E-state index in [2.05, 4.69) is 5.32 Å². The third-order valence-electron chi connectivity index (χ3n) is 5.63. The molecule has 0 bridgehead atoms. The van der Waals surface area contributed by atoms with Crippen LogP contribution in [0.15, 0.2) is 78.9 Å². The number of amides is 2. The highest BCUT2D eigenvalue weighted by Crippen LogP contribution is 2.19. The van der Waals surface area contributed by atoms with Crippen LogP contribution in [-0.4, -0.2) is 42.0 Å². The van der Waals surface area contributed by atoms with E-state index in [1.165, 1.54) is 0 Å². The van der Waals surface area contributed by atoms with Crippen LogP contribution in [0.3, 0.4) is 0 Å². The minimum Gasteiger partial charge on any atom is -0.497 e. The molecule has 3 aromatic rings. The molecule has 0 aliphatic rings. The van der Waals surface area contributed by atoms with Gasteiger partial charge in [-0.1, -0.05) is 60.2 Å². The van der Waals surface area contributed by atoms with E-state index in [-0.39, 0.29) is 18.4 Å². The van der Waals surface area contributed by atoms with Gasteiger partial charge in [-0.05, 0) is 63.1 Å². The van der Waals surface area contributed by atoms with Gasteiger partial charge in [0, 0.05) is 18.5 Å². The predicted molar refractivity (Wildman–Crippen MR) is 142 cm³/mol. The average molecular weight is 489 g/mol.